The van der Waals surface area contributed by atoms with Gasteiger partial charge in [0.1, 0.15) is 5.82 Å². The molecule has 3 aromatic rings. The van der Waals surface area contributed by atoms with Gasteiger partial charge in [-0.3, -0.25) is 10.00 Å². The summed E-state index contributed by atoms with van der Waals surface area (Å²) in [5.41, 5.74) is 3.90. The molecule has 1 aromatic heterocycles. The van der Waals surface area contributed by atoms with Crippen LogP contribution >= 0.6 is 0 Å². The van der Waals surface area contributed by atoms with Gasteiger partial charge >= 0.3 is 0 Å². The van der Waals surface area contributed by atoms with Crippen molar-refractivity contribution in [2.24, 2.45) is 0 Å². The van der Waals surface area contributed by atoms with Crippen LogP contribution in [0.2, 0.25) is 0 Å². The second kappa shape index (κ2) is 6.57. The molecule has 3 nitrogen and oxygen atoms in total. The fourth-order valence-electron chi connectivity index (χ4n) is 3.60. The molecule has 4 heteroatoms. The largest absolute Gasteiger partial charge is 0.292 e. The van der Waals surface area contributed by atoms with Crippen LogP contribution in [0.5, 0.6) is 0 Å². The molecule has 1 aliphatic heterocycles. The summed E-state index contributed by atoms with van der Waals surface area (Å²) in [6.07, 6.45) is 6.29. The van der Waals surface area contributed by atoms with E-state index < -0.39 is 0 Å². The minimum Gasteiger partial charge on any atom is -0.292 e. The smallest absolute Gasteiger partial charge is 0.131 e. The van der Waals surface area contributed by atoms with Crippen molar-refractivity contribution in [2.75, 3.05) is 13.1 Å². The van der Waals surface area contributed by atoms with E-state index in [0.717, 1.165) is 24.2 Å². The molecule has 0 bridgehead atoms. The Morgan fingerprint density at radius 1 is 1.00 bits per heavy atom. The van der Waals surface area contributed by atoms with Crippen LogP contribution in [-0.2, 0) is 0 Å². The lowest BCUT2D eigenvalue weighted by Crippen LogP contribution is -2.26. The maximum atomic E-state index is 14.2. The SMILES string of the molecule is Fc1ccccc1-c1cccc(C(c2cn[nH]c2)N2CCCC2)c1. The summed E-state index contributed by atoms with van der Waals surface area (Å²) in [7, 11) is 0. The summed E-state index contributed by atoms with van der Waals surface area (Å²) in [5.74, 6) is -0.185. The van der Waals surface area contributed by atoms with Gasteiger partial charge in [-0.25, -0.2) is 4.39 Å². The van der Waals surface area contributed by atoms with Gasteiger partial charge in [-0.05, 0) is 49.2 Å². The van der Waals surface area contributed by atoms with E-state index in [9.17, 15) is 4.39 Å². The van der Waals surface area contributed by atoms with Crippen LogP contribution in [0.25, 0.3) is 11.1 Å². The molecule has 0 aliphatic carbocycles. The van der Waals surface area contributed by atoms with E-state index in [2.05, 4.69) is 27.2 Å². The van der Waals surface area contributed by atoms with E-state index in [1.54, 1.807) is 6.07 Å². The van der Waals surface area contributed by atoms with Gasteiger partial charge in [0, 0.05) is 17.3 Å². The van der Waals surface area contributed by atoms with E-state index in [1.165, 1.54) is 24.5 Å². The average molecular weight is 321 g/mol. The van der Waals surface area contributed by atoms with Crippen LogP contribution in [0.3, 0.4) is 0 Å². The van der Waals surface area contributed by atoms with Crippen molar-refractivity contribution in [2.45, 2.75) is 18.9 Å². The van der Waals surface area contributed by atoms with Crippen LogP contribution in [0.1, 0.15) is 30.0 Å². The molecule has 1 saturated heterocycles. The van der Waals surface area contributed by atoms with Gasteiger partial charge in [0.05, 0.1) is 12.2 Å². The van der Waals surface area contributed by atoms with Crippen molar-refractivity contribution in [3.8, 4) is 11.1 Å². The zero-order valence-electron chi connectivity index (χ0n) is 13.5. The fraction of sp³-hybridized carbons (Fsp3) is 0.250. The lowest BCUT2D eigenvalue weighted by molar-refractivity contribution is 0.281. The number of benzene rings is 2. The third-order valence-electron chi connectivity index (χ3n) is 4.73. The van der Waals surface area contributed by atoms with Gasteiger partial charge in [0.25, 0.3) is 0 Å². The number of hydrogen-bond donors (Lipinski definition) is 1. The van der Waals surface area contributed by atoms with E-state index >= 15 is 0 Å². The molecule has 122 valence electrons. The summed E-state index contributed by atoms with van der Waals surface area (Å²) in [4.78, 5) is 2.48. The molecule has 1 atom stereocenters. The minimum absolute atomic E-state index is 0.165. The van der Waals surface area contributed by atoms with Crippen molar-refractivity contribution in [3.63, 3.8) is 0 Å². The van der Waals surface area contributed by atoms with Crippen LogP contribution in [0, 0.1) is 5.82 Å². The molecule has 1 aliphatic rings. The number of rotatable bonds is 4. The van der Waals surface area contributed by atoms with Crippen LogP contribution in [-0.4, -0.2) is 28.2 Å². The molecule has 0 spiro atoms. The first-order valence-corrected chi connectivity index (χ1v) is 8.40. The second-order valence-electron chi connectivity index (χ2n) is 6.28. The topological polar surface area (TPSA) is 31.9 Å². The van der Waals surface area contributed by atoms with Gasteiger partial charge in [-0.1, -0.05) is 36.4 Å². The minimum atomic E-state index is -0.185. The third-order valence-corrected chi connectivity index (χ3v) is 4.73. The average Bonchev–Trinajstić information content (AvgIpc) is 3.30. The van der Waals surface area contributed by atoms with E-state index in [-0.39, 0.29) is 11.9 Å². The monoisotopic (exact) mass is 321 g/mol. The maximum Gasteiger partial charge on any atom is 0.131 e. The van der Waals surface area contributed by atoms with Crippen LogP contribution in [0.4, 0.5) is 4.39 Å². The number of nitrogens with one attached hydrogen (secondary N) is 1. The fourth-order valence-corrected chi connectivity index (χ4v) is 3.60. The lowest BCUT2D eigenvalue weighted by Gasteiger charge is -2.27. The van der Waals surface area contributed by atoms with Gasteiger partial charge in [0.2, 0.25) is 0 Å². The normalized spacial score (nSPS) is 16.4. The zero-order valence-corrected chi connectivity index (χ0v) is 13.5. The maximum absolute atomic E-state index is 14.2. The number of nitrogens with zero attached hydrogens (tertiary/aromatic N) is 2. The molecule has 1 unspecified atom stereocenters. The summed E-state index contributed by atoms with van der Waals surface area (Å²) >= 11 is 0. The molecule has 24 heavy (non-hydrogen) atoms. The molecular weight excluding hydrogens is 301 g/mol. The van der Waals surface area contributed by atoms with Gasteiger partial charge in [0.15, 0.2) is 0 Å². The number of aromatic nitrogens is 2. The van der Waals surface area contributed by atoms with Gasteiger partial charge < -0.3 is 0 Å². The van der Waals surface area contributed by atoms with E-state index in [0.29, 0.717) is 5.56 Å². The molecule has 0 amide bonds. The Kier molecular flexibility index (Phi) is 4.13. The number of H-pyrrole nitrogens is 1. The Bertz CT molecular complexity index is 807. The zero-order chi connectivity index (χ0) is 16.4. The standard InChI is InChI=1S/C20H20FN3/c21-19-9-2-1-8-18(19)15-6-5-7-16(12-15)20(17-13-22-23-14-17)24-10-3-4-11-24/h1-2,5-9,12-14,20H,3-4,10-11H2,(H,22,23). The van der Waals surface area contributed by atoms with Crippen molar-refractivity contribution < 1.29 is 4.39 Å². The first-order chi connectivity index (χ1) is 11.8. The molecule has 1 N–H and O–H groups in total. The highest BCUT2D eigenvalue weighted by atomic mass is 19.1. The van der Waals surface area contributed by atoms with Crippen LogP contribution in [0.15, 0.2) is 60.9 Å². The third kappa shape index (κ3) is 2.85. The summed E-state index contributed by atoms with van der Waals surface area (Å²) in [5, 5.41) is 7.05. The Balaban J connectivity index is 1.76. The van der Waals surface area contributed by atoms with Crippen molar-refractivity contribution in [3.05, 3.63) is 77.9 Å². The predicted octanol–water partition coefficient (Wildman–Crippen LogP) is 4.40. The number of halogens is 1. The van der Waals surface area contributed by atoms with Crippen LogP contribution < -0.4 is 0 Å². The molecule has 1 fully saturated rings. The number of aromatic amines is 1. The van der Waals surface area contributed by atoms with Crippen molar-refractivity contribution in [1.82, 2.24) is 15.1 Å². The van der Waals surface area contributed by atoms with Gasteiger partial charge in [-0.2, -0.15) is 5.10 Å². The first-order valence-electron chi connectivity index (χ1n) is 8.40. The first kappa shape index (κ1) is 15.1. The molecule has 2 aromatic carbocycles. The molecule has 4 rings (SSSR count). The summed E-state index contributed by atoms with van der Waals surface area (Å²) < 4.78 is 14.2. The number of hydrogen-bond acceptors (Lipinski definition) is 2. The Hall–Kier alpha value is -2.46. The molecular formula is C20H20FN3. The quantitative estimate of drug-likeness (QED) is 0.772. The van der Waals surface area contributed by atoms with E-state index in [1.807, 2.05) is 36.7 Å². The highest BCUT2D eigenvalue weighted by Crippen LogP contribution is 2.33. The number of likely N-dealkylation sites (tertiary alicyclic amines) is 1. The van der Waals surface area contributed by atoms with E-state index in [4.69, 9.17) is 0 Å². The molecule has 0 saturated carbocycles. The Morgan fingerprint density at radius 2 is 1.83 bits per heavy atom. The summed E-state index contributed by atoms with van der Waals surface area (Å²) in [6.45, 7) is 2.17. The summed E-state index contributed by atoms with van der Waals surface area (Å²) in [6, 6.07) is 15.3. The molecule has 2 heterocycles. The van der Waals surface area contributed by atoms with Gasteiger partial charge in [-0.15, -0.1) is 0 Å². The highest BCUT2D eigenvalue weighted by Gasteiger charge is 2.26. The highest BCUT2D eigenvalue weighted by molar-refractivity contribution is 5.65. The van der Waals surface area contributed by atoms with Crippen molar-refractivity contribution in [1.29, 1.82) is 0 Å². The second-order valence-corrected chi connectivity index (χ2v) is 6.28. The Labute approximate surface area is 141 Å². The lowest BCUT2D eigenvalue weighted by atomic mass is 9.95. The van der Waals surface area contributed by atoms with Crippen molar-refractivity contribution >= 4 is 0 Å². The predicted molar refractivity (Wildman–Crippen MR) is 93.1 cm³/mol. The molecule has 0 radical (unpaired) electrons. The Morgan fingerprint density at radius 3 is 2.58 bits per heavy atom.